The lowest BCUT2D eigenvalue weighted by Gasteiger charge is -2.34. The molecule has 2 saturated carbocycles. The Morgan fingerprint density at radius 3 is 1.84 bits per heavy atom. The molecule has 49 heavy (non-hydrogen) atoms. The molecule has 3 heteroatoms. The highest BCUT2D eigenvalue weighted by atomic mass is 15.1. The van der Waals surface area contributed by atoms with E-state index in [1.54, 1.807) is 0 Å². The molecule has 6 atom stereocenters. The molecule has 0 aliphatic heterocycles. The van der Waals surface area contributed by atoms with E-state index in [-0.39, 0.29) is 11.5 Å². The van der Waals surface area contributed by atoms with Crippen molar-refractivity contribution in [3.8, 4) is 0 Å². The van der Waals surface area contributed by atoms with Gasteiger partial charge < -0.3 is 16.0 Å². The molecule has 3 aliphatic rings. The van der Waals surface area contributed by atoms with Crippen LogP contribution in [0.5, 0.6) is 0 Å². The predicted octanol–water partition coefficient (Wildman–Crippen LogP) is 11.9. The van der Waals surface area contributed by atoms with Gasteiger partial charge in [0.25, 0.3) is 0 Å². The molecular weight excluding hydrogens is 595 g/mol. The fraction of sp³-hybridized carbons (Fsp3) is 0.652. The second-order valence-electron chi connectivity index (χ2n) is 17.1. The van der Waals surface area contributed by atoms with E-state index in [4.69, 9.17) is 0 Å². The molecule has 0 bridgehead atoms. The van der Waals surface area contributed by atoms with Gasteiger partial charge in [-0.15, -0.1) is 0 Å². The largest absolute Gasteiger partial charge is 0.382 e. The van der Waals surface area contributed by atoms with Crippen molar-refractivity contribution < 1.29 is 0 Å². The van der Waals surface area contributed by atoms with Crippen LogP contribution in [0.2, 0.25) is 0 Å². The molecule has 0 radical (unpaired) electrons. The van der Waals surface area contributed by atoms with Crippen LogP contribution in [-0.4, -0.2) is 18.1 Å². The fourth-order valence-corrected chi connectivity index (χ4v) is 8.62. The summed E-state index contributed by atoms with van der Waals surface area (Å²) in [5.74, 6) is 4.44. The Morgan fingerprint density at radius 2 is 1.45 bits per heavy atom. The summed E-state index contributed by atoms with van der Waals surface area (Å²) >= 11 is 0. The highest BCUT2D eigenvalue weighted by Crippen LogP contribution is 2.64. The summed E-state index contributed by atoms with van der Waals surface area (Å²) in [7, 11) is 0. The van der Waals surface area contributed by atoms with Crippen LogP contribution in [0.4, 0.5) is 0 Å². The van der Waals surface area contributed by atoms with Gasteiger partial charge in [0.15, 0.2) is 0 Å². The third-order valence-corrected chi connectivity index (χ3v) is 12.0. The van der Waals surface area contributed by atoms with Crippen molar-refractivity contribution in [1.29, 1.82) is 0 Å². The minimum atomic E-state index is 0.210. The molecule has 1 aromatic carbocycles. The fourth-order valence-electron chi connectivity index (χ4n) is 8.62. The molecule has 3 aliphatic carbocycles. The molecule has 0 saturated heterocycles. The molecule has 0 aromatic heterocycles. The van der Waals surface area contributed by atoms with Gasteiger partial charge in [-0.1, -0.05) is 163 Å². The number of nitrogens with one attached hydrogen (secondary N) is 3. The number of allylic oxidation sites excluding steroid dienone is 1. The van der Waals surface area contributed by atoms with Gasteiger partial charge in [-0.05, 0) is 96.7 Å². The van der Waals surface area contributed by atoms with Crippen molar-refractivity contribution in [2.75, 3.05) is 0 Å². The average Bonchev–Trinajstić information content (AvgIpc) is 3.34. The topological polar surface area (TPSA) is 36.1 Å². The Hall–Kier alpha value is -2.68. The maximum Gasteiger partial charge on any atom is 0.0919 e. The quantitative estimate of drug-likeness (QED) is 0.121. The van der Waals surface area contributed by atoms with E-state index in [1.807, 2.05) is 13.8 Å². The minimum Gasteiger partial charge on any atom is -0.382 e. The summed E-state index contributed by atoms with van der Waals surface area (Å²) in [6.07, 6.45) is 9.91. The minimum absolute atomic E-state index is 0.210. The van der Waals surface area contributed by atoms with E-state index in [1.165, 1.54) is 54.5 Å². The molecule has 2 fully saturated rings. The van der Waals surface area contributed by atoms with Crippen LogP contribution < -0.4 is 16.0 Å². The predicted molar refractivity (Wildman–Crippen MR) is 218 cm³/mol. The Bertz CT molecular complexity index is 1250. The standard InChI is InChI=1S/C22H34N2.C22H37N.C2H6/c1-8-20(22(5,6)7)23-16(4)24-21(15(2)3)19-13-17-11-9-10-12-18(17)14-19;1-9-19-21(22(19,7)8)16(5)17(6)23-20(15(4)14(2)3)13-18-11-10-12-18;1-2/h9-12,19-21,23-24H,2,4,8,13-14H2,1,3,5-7H3;16,18-21,23H,2,4,6,9-13H2,1,3,5,7-8H3;1-2H3. The lowest BCUT2D eigenvalue weighted by Crippen LogP contribution is -2.46. The van der Waals surface area contributed by atoms with Crippen LogP contribution in [0.1, 0.15) is 133 Å². The van der Waals surface area contributed by atoms with Crippen molar-refractivity contribution in [2.24, 2.45) is 40.4 Å². The summed E-state index contributed by atoms with van der Waals surface area (Å²) in [5, 5.41) is 11.0. The van der Waals surface area contributed by atoms with Crippen molar-refractivity contribution in [3.63, 3.8) is 0 Å². The van der Waals surface area contributed by atoms with E-state index in [0.717, 1.165) is 54.0 Å². The summed E-state index contributed by atoms with van der Waals surface area (Å²) in [6.45, 7) is 48.0. The van der Waals surface area contributed by atoms with Crippen molar-refractivity contribution in [3.05, 3.63) is 96.5 Å². The molecule has 3 nitrogen and oxygen atoms in total. The molecule has 0 heterocycles. The lowest BCUT2D eigenvalue weighted by atomic mass is 9.79. The van der Waals surface area contributed by atoms with Crippen molar-refractivity contribution in [2.45, 2.75) is 153 Å². The molecule has 1 aromatic rings. The van der Waals surface area contributed by atoms with Gasteiger partial charge in [-0.25, -0.2) is 0 Å². The summed E-state index contributed by atoms with van der Waals surface area (Å²) in [5.41, 5.74) is 8.28. The zero-order valence-corrected chi connectivity index (χ0v) is 34.1. The van der Waals surface area contributed by atoms with E-state index in [2.05, 4.69) is 142 Å². The lowest BCUT2D eigenvalue weighted by molar-refractivity contribution is 0.268. The van der Waals surface area contributed by atoms with Crippen LogP contribution in [0, 0.1) is 40.4 Å². The average molecular weight is 672 g/mol. The van der Waals surface area contributed by atoms with Crippen LogP contribution >= 0.6 is 0 Å². The number of rotatable bonds is 16. The maximum atomic E-state index is 4.40. The molecule has 0 amide bonds. The number of benzene rings is 1. The first-order valence-corrected chi connectivity index (χ1v) is 19.7. The Labute approximate surface area is 304 Å². The van der Waals surface area contributed by atoms with Gasteiger partial charge in [0.1, 0.15) is 0 Å². The molecule has 6 unspecified atom stereocenters. The van der Waals surface area contributed by atoms with Gasteiger partial charge in [-0.2, -0.15) is 0 Å². The van der Waals surface area contributed by atoms with Crippen LogP contribution in [0.25, 0.3) is 0 Å². The third-order valence-electron chi connectivity index (χ3n) is 12.0. The van der Waals surface area contributed by atoms with Gasteiger partial charge in [0, 0.05) is 11.7 Å². The van der Waals surface area contributed by atoms with E-state index in [9.17, 15) is 0 Å². The summed E-state index contributed by atoms with van der Waals surface area (Å²) in [4.78, 5) is 0. The van der Waals surface area contributed by atoms with Gasteiger partial charge >= 0.3 is 0 Å². The number of fused-ring (bicyclic) bond motifs is 1. The van der Waals surface area contributed by atoms with Gasteiger partial charge in [0.2, 0.25) is 0 Å². The van der Waals surface area contributed by atoms with Crippen molar-refractivity contribution in [1.82, 2.24) is 16.0 Å². The van der Waals surface area contributed by atoms with Crippen LogP contribution in [-0.2, 0) is 12.8 Å². The SMILES string of the molecule is C=C(C)C(=C)C(CC1CCC1)NC(=C)C(C)C1C(CC)C1(C)C.C=C(NC(C(=C)C)C1Cc2ccccc2C1)NC(CC)C(C)(C)C.CC. The van der Waals surface area contributed by atoms with E-state index >= 15 is 0 Å². The highest BCUT2D eigenvalue weighted by molar-refractivity contribution is 5.34. The summed E-state index contributed by atoms with van der Waals surface area (Å²) < 4.78 is 0. The Morgan fingerprint density at radius 1 is 0.898 bits per heavy atom. The van der Waals surface area contributed by atoms with Gasteiger partial charge in [-0.3, -0.25) is 0 Å². The summed E-state index contributed by atoms with van der Waals surface area (Å²) in [6, 6.07) is 9.77. The third kappa shape index (κ3) is 11.4. The normalized spacial score (nSPS) is 21.8. The van der Waals surface area contributed by atoms with E-state index < -0.39 is 0 Å². The molecule has 3 N–H and O–H groups in total. The van der Waals surface area contributed by atoms with Gasteiger partial charge in [0.05, 0.1) is 17.9 Å². The Kier molecular flexibility index (Phi) is 16.1. The van der Waals surface area contributed by atoms with Crippen molar-refractivity contribution >= 4 is 0 Å². The van der Waals surface area contributed by atoms with Crippen LogP contribution in [0.3, 0.4) is 0 Å². The van der Waals surface area contributed by atoms with Crippen LogP contribution in [0.15, 0.2) is 85.4 Å². The zero-order valence-electron chi connectivity index (χ0n) is 34.1. The first kappa shape index (κ1) is 42.5. The number of hydrogen-bond acceptors (Lipinski definition) is 3. The van der Waals surface area contributed by atoms with E-state index in [0.29, 0.717) is 29.3 Å². The number of hydrogen-bond donors (Lipinski definition) is 3. The maximum absolute atomic E-state index is 4.40. The first-order chi connectivity index (χ1) is 22.9. The first-order valence-electron chi connectivity index (χ1n) is 19.7. The zero-order chi connectivity index (χ0) is 37.3. The molecule has 0 spiro atoms. The highest BCUT2D eigenvalue weighted by Gasteiger charge is 2.58. The molecular formula is C46H77N3. The second-order valence-corrected chi connectivity index (χ2v) is 17.1. The second kappa shape index (κ2) is 18.5. The monoisotopic (exact) mass is 672 g/mol. The molecule has 276 valence electrons. The smallest absolute Gasteiger partial charge is 0.0919 e. The Balaban J connectivity index is 0.000000324. The molecule has 4 rings (SSSR count).